The van der Waals surface area contributed by atoms with Crippen molar-refractivity contribution >= 4 is 24.0 Å². The van der Waals surface area contributed by atoms with Gasteiger partial charge in [-0.3, -0.25) is 4.79 Å². The van der Waals surface area contributed by atoms with Gasteiger partial charge in [-0.1, -0.05) is 6.07 Å². The van der Waals surface area contributed by atoms with Crippen LogP contribution in [0.4, 0.5) is 5.69 Å². The number of carbonyl (C=O) groups is 1. The molecule has 0 aliphatic rings. The molecule has 1 unspecified atom stereocenters. The molecule has 0 fully saturated rings. The number of anilines is 1. The van der Waals surface area contributed by atoms with Gasteiger partial charge in [0.1, 0.15) is 5.75 Å². The summed E-state index contributed by atoms with van der Waals surface area (Å²) < 4.78 is 10.1. The Hall–Kier alpha value is -1.30. The van der Waals surface area contributed by atoms with Gasteiger partial charge in [-0.25, -0.2) is 0 Å². The van der Waals surface area contributed by atoms with Crippen LogP contribution >= 0.6 is 12.4 Å². The van der Waals surface area contributed by atoms with Crippen LogP contribution in [0.5, 0.6) is 5.75 Å². The van der Waals surface area contributed by atoms with E-state index in [-0.39, 0.29) is 30.8 Å². The molecule has 1 amide bonds. The molecule has 3 N–H and O–H groups in total. The van der Waals surface area contributed by atoms with E-state index in [1.807, 2.05) is 12.1 Å². The summed E-state index contributed by atoms with van der Waals surface area (Å²) in [5.74, 6) is 0.570. The number of methoxy groups -OCH3 is 2. The molecule has 18 heavy (non-hydrogen) atoms. The molecule has 0 saturated heterocycles. The smallest absolute Gasteiger partial charge is 0.227 e. The van der Waals surface area contributed by atoms with Gasteiger partial charge in [-0.2, -0.15) is 0 Å². The molecule has 6 heteroatoms. The van der Waals surface area contributed by atoms with E-state index in [0.29, 0.717) is 18.0 Å². The Morgan fingerprint density at radius 1 is 1.44 bits per heavy atom. The van der Waals surface area contributed by atoms with Gasteiger partial charge in [-0.15, -0.1) is 12.4 Å². The number of amides is 1. The topological polar surface area (TPSA) is 73.6 Å². The molecular weight excluding hydrogens is 256 g/mol. The molecule has 0 spiro atoms. The van der Waals surface area contributed by atoms with Crippen LogP contribution in [0.15, 0.2) is 24.3 Å². The minimum Gasteiger partial charge on any atom is -0.497 e. The van der Waals surface area contributed by atoms with Crippen molar-refractivity contribution in [2.24, 2.45) is 5.73 Å². The molecule has 0 aliphatic heterocycles. The molecule has 1 aromatic carbocycles. The fourth-order valence-corrected chi connectivity index (χ4v) is 1.38. The lowest BCUT2D eigenvalue weighted by Gasteiger charge is -2.12. The number of nitrogens with one attached hydrogen (secondary N) is 1. The maximum Gasteiger partial charge on any atom is 0.227 e. The van der Waals surface area contributed by atoms with Crippen LogP contribution < -0.4 is 15.8 Å². The van der Waals surface area contributed by atoms with Crippen LogP contribution in [-0.4, -0.2) is 32.8 Å². The maximum atomic E-state index is 11.7. The summed E-state index contributed by atoms with van der Waals surface area (Å²) in [5, 5.41) is 2.76. The summed E-state index contributed by atoms with van der Waals surface area (Å²) in [7, 11) is 3.12. The lowest BCUT2D eigenvalue weighted by Crippen LogP contribution is -2.28. The minimum atomic E-state index is -0.249. The number of carbonyl (C=O) groups excluding carboxylic acids is 1. The molecule has 0 heterocycles. The Balaban J connectivity index is 0.00000289. The third kappa shape index (κ3) is 5.35. The van der Waals surface area contributed by atoms with Crippen LogP contribution in [0.1, 0.15) is 6.42 Å². The van der Waals surface area contributed by atoms with Crippen molar-refractivity contribution in [3.05, 3.63) is 24.3 Å². The van der Waals surface area contributed by atoms with Crippen LogP contribution in [0.25, 0.3) is 0 Å². The van der Waals surface area contributed by atoms with Gasteiger partial charge in [0.15, 0.2) is 0 Å². The van der Waals surface area contributed by atoms with E-state index in [0.717, 1.165) is 0 Å². The molecule has 0 aromatic heterocycles. The van der Waals surface area contributed by atoms with Gasteiger partial charge >= 0.3 is 0 Å². The second kappa shape index (κ2) is 8.74. The Bertz CT molecular complexity index is 370. The largest absolute Gasteiger partial charge is 0.497 e. The molecule has 0 bridgehead atoms. The zero-order chi connectivity index (χ0) is 12.7. The Morgan fingerprint density at radius 3 is 2.72 bits per heavy atom. The SMILES string of the molecule is COc1cccc(NC(=O)CC(CN)OC)c1.Cl. The predicted octanol–water partition coefficient (Wildman–Crippen LogP) is 1.42. The van der Waals surface area contributed by atoms with E-state index in [4.69, 9.17) is 15.2 Å². The molecule has 5 nitrogen and oxygen atoms in total. The number of nitrogens with two attached hydrogens (primary N) is 1. The highest BCUT2D eigenvalue weighted by Crippen LogP contribution is 2.16. The third-order valence-corrected chi connectivity index (χ3v) is 2.36. The van der Waals surface area contributed by atoms with Crippen LogP contribution in [0.3, 0.4) is 0 Å². The van der Waals surface area contributed by atoms with Crippen molar-refractivity contribution in [3.8, 4) is 5.75 Å². The summed E-state index contributed by atoms with van der Waals surface area (Å²) in [6.45, 7) is 0.321. The van der Waals surface area contributed by atoms with Crippen molar-refractivity contribution in [3.63, 3.8) is 0 Å². The van der Waals surface area contributed by atoms with Crippen LogP contribution in [-0.2, 0) is 9.53 Å². The number of ether oxygens (including phenoxy) is 2. The van der Waals surface area contributed by atoms with Crippen molar-refractivity contribution in [2.45, 2.75) is 12.5 Å². The van der Waals surface area contributed by atoms with Gasteiger partial charge in [0, 0.05) is 25.4 Å². The van der Waals surface area contributed by atoms with Gasteiger partial charge in [0.2, 0.25) is 5.91 Å². The average Bonchev–Trinajstić information content (AvgIpc) is 2.36. The molecule has 0 aliphatic carbocycles. The summed E-state index contributed by atoms with van der Waals surface area (Å²) in [4.78, 5) is 11.7. The molecule has 1 aromatic rings. The van der Waals surface area contributed by atoms with E-state index in [9.17, 15) is 4.79 Å². The van der Waals surface area contributed by atoms with E-state index in [2.05, 4.69) is 5.32 Å². The maximum absolute atomic E-state index is 11.7. The molecule has 102 valence electrons. The molecular formula is C12H19ClN2O3. The first-order chi connectivity index (χ1) is 8.19. The van der Waals surface area contributed by atoms with Gasteiger partial charge in [0.25, 0.3) is 0 Å². The molecule has 1 atom stereocenters. The van der Waals surface area contributed by atoms with Gasteiger partial charge in [-0.05, 0) is 12.1 Å². The normalized spacial score (nSPS) is 11.3. The second-order valence-electron chi connectivity index (χ2n) is 3.58. The lowest BCUT2D eigenvalue weighted by atomic mass is 10.2. The van der Waals surface area contributed by atoms with Gasteiger partial charge < -0.3 is 20.5 Å². The number of halogens is 1. The van der Waals surface area contributed by atoms with Gasteiger partial charge in [0.05, 0.1) is 19.6 Å². The highest BCUT2D eigenvalue weighted by Gasteiger charge is 2.11. The Labute approximate surface area is 113 Å². The standard InChI is InChI=1S/C12H18N2O3.ClH/c1-16-10-5-3-4-9(6-10)14-12(15)7-11(8-13)17-2;/h3-6,11H,7-8,13H2,1-2H3,(H,14,15);1H. The highest BCUT2D eigenvalue weighted by molar-refractivity contribution is 5.91. The van der Waals surface area contributed by atoms with E-state index >= 15 is 0 Å². The van der Waals surface area contributed by atoms with Crippen molar-refractivity contribution in [1.82, 2.24) is 0 Å². The lowest BCUT2D eigenvalue weighted by molar-refractivity contribution is -0.118. The number of rotatable bonds is 6. The summed E-state index contributed by atoms with van der Waals surface area (Å²) in [6.07, 6.45) is -0.00915. The van der Waals surface area contributed by atoms with Crippen LogP contribution in [0, 0.1) is 0 Å². The fraction of sp³-hybridized carbons (Fsp3) is 0.417. The molecule has 0 saturated carbocycles. The monoisotopic (exact) mass is 274 g/mol. The van der Waals surface area contributed by atoms with E-state index < -0.39 is 0 Å². The van der Waals surface area contributed by atoms with E-state index in [1.54, 1.807) is 19.2 Å². The minimum absolute atomic E-state index is 0. The summed E-state index contributed by atoms with van der Waals surface area (Å²) in [6, 6.07) is 7.17. The zero-order valence-corrected chi connectivity index (χ0v) is 11.3. The predicted molar refractivity (Wildman–Crippen MR) is 73.3 cm³/mol. The molecule has 1 rings (SSSR count). The van der Waals surface area contributed by atoms with Crippen LogP contribution in [0.2, 0.25) is 0 Å². The number of benzene rings is 1. The first-order valence-electron chi connectivity index (χ1n) is 5.36. The van der Waals surface area contributed by atoms with Crippen molar-refractivity contribution < 1.29 is 14.3 Å². The summed E-state index contributed by atoms with van der Waals surface area (Å²) in [5.41, 5.74) is 6.14. The second-order valence-corrected chi connectivity index (χ2v) is 3.58. The fourth-order valence-electron chi connectivity index (χ4n) is 1.38. The van der Waals surface area contributed by atoms with E-state index in [1.165, 1.54) is 7.11 Å². The third-order valence-electron chi connectivity index (χ3n) is 2.36. The Morgan fingerprint density at radius 2 is 2.17 bits per heavy atom. The summed E-state index contributed by atoms with van der Waals surface area (Å²) >= 11 is 0. The van der Waals surface area contributed by atoms with Crippen molar-refractivity contribution in [1.29, 1.82) is 0 Å². The quantitative estimate of drug-likeness (QED) is 0.823. The number of hydrogen-bond donors (Lipinski definition) is 2. The average molecular weight is 275 g/mol. The molecule has 0 radical (unpaired) electrons. The Kier molecular flexibility index (Phi) is 8.11. The first kappa shape index (κ1) is 16.7. The highest BCUT2D eigenvalue weighted by atomic mass is 35.5. The number of hydrogen-bond acceptors (Lipinski definition) is 4. The first-order valence-corrected chi connectivity index (χ1v) is 5.36. The zero-order valence-electron chi connectivity index (χ0n) is 10.5. The van der Waals surface area contributed by atoms with Crippen molar-refractivity contribution in [2.75, 3.05) is 26.1 Å².